The summed E-state index contributed by atoms with van der Waals surface area (Å²) in [6.07, 6.45) is 2.34. The number of rotatable bonds is 5. The van der Waals surface area contributed by atoms with Gasteiger partial charge < -0.3 is 14.2 Å². The number of thiazole rings is 1. The summed E-state index contributed by atoms with van der Waals surface area (Å²) in [6.45, 7) is 5.44. The van der Waals surface area contributed by atoms with Crippen molar-refractivity contribution in [3.63, 3.8) is 0 Å². The summed E-state index contributed by atoms with van der Waals surface area (Å²) in [5, 5.41) is 7.81. The van der Waals surface area contributed by atoms with E-state index in [9.17, 15) is 9.59 Å². The van der Waals surface area contributed by atoms with Crippen molar-refractivity contribution in [1.29, 1.82) is 0 Å². The number of amides is 2. The number of alkyl halides is 2. The molecule has 2 aromatic heterocycles. The molecule has 6 rings (SSSR count). The van der Waals surface area contributed by atoms with E-state index >= 15 is 8.78 Å². The molecular formula is C25H23Cl2F2N5O3S. The number of aromatic nitrogens is 3. The zero-order valence-corrected chi connectivity index (χ0v) is 22.8. The van der Waals surface area contributed by atoms with E-state index in [1.54, 1.807) is 15.3 Å². The zero-order valence-electron chi connectivity index (χ0n) is 20.5. The highest BCUT2D eigenvalue weighted by Gasteiger charge is 2.62. The highest BCUT2D eigenvalue weighted by molar-refractivity contribution is 7.11. The Morgan fingerprint density at radius 1 is 1.13 bits per heavy atom. The first kappa shape index (κ1) is 25.6. The Labute approximate surface area is 230 Å². The third kappa shape index (κ3) is 4.10. The molecule has 3 fully saturated rings. The van der Waals surface area contributed by atoms with E-state index in [1.165, 1.54) is 23.6 Å². The van der Waals surface area contributed by atoms with Gasteiger partial charge in [-0.2, -0.15) is 8.78 Å². The summed E-state index contributed by atoms with van der Waals surface area (Å²) in [7, 11) is 0. The van der Waals surface area contributed by atoms with Gasteiger partial charge in [0, 0.05) is 43.1 Å². The fraction of sp³-hybridized carbons (Fsp3) is 0.480. The van der Waals surface area contributed by atoms with Crippen molar-refractivity contribution in [2.75, 3.05) is 26.2 Å². The number of hydrogen-bond donors (Lipinski definition) is 0. The average molecular weight is 582 g/mol. The normalized spacial score (nSPS) is 23.5. The molecular weight excluding hydrogens is 559 g/mol. The summed E-state index contributed by atoms with van der Waals surface area (Å²) < 4.78 is 36.2. The van der Waals surface area contributed by atoms with Crippen LogP contribution in [0.3, 0.4) is 0 Å². The van der Waals surface area contributed by atoms with Gasteiger partial charge in [0.05, 0.1) is 27.7 Å². The van der Waals surface area contributed by atoms with Crippen molar-refractivity contribution in [2.45, 2.75) is 32.1 Å². The van der Waals surface area contributed by atoms with Gasteiger partial charge in [-0.25, -0.2) is 0 Å². The van der Waals surface area contributed by atoms with Crippen LogP contribution in [0.5, 0.6) is 0 Å². The fourth-order valence-electron chi connectivity index (χ4n) is 5.56. The van der Waals surface area contributed by atoms with E-state index in [0.29, 0.717) is 24.5 Å². The van der Waals surface area contributed by atoms with Crippen LogP contribution in [0.25, 0.3) is 0 Å². The molecule has 1 spiro atoms. The van der Waals surface area contributed by atoms with Crippen LogP contribution >= 0.6 is 34.5 Å². The number of hydrogen-bond acceptors (Lipinski definition) is 7. The van der Waals surface area contributed by atoms with Crippen LogP contribution < -0.4 is 0 Å². The molecule has 1 saturated carbocycles. The Balaban J connectivity index is 1.28. The fourth-order valence-corrected chi connectivity index (χ4v) is 6.44. The first-order valence-electron chi connectivity index (χ1n) is 12.1. The minimum absolute atomic E-state index is 0.0122. The molecule has 0 radical (unpaired) electrons. The summed E-state index contributed by atoms with van der Waals surface area (Å²) >= 11 is 13.1. The summed E-state index contributed by atoms with van der Waals surface area (Å²) in [5.74, 6) is -5.12. The highest BCUT2D eigenvalue weighted by atomic mass is 35.5. The van der Waals surface area contributed by atoms with Crippen molar-refractivity contribution < 1.29 is 22.8 Å². The molecule has 200 valence electrons. The lowest BCUT2D eigenvalue weighted by Crippen LogP contribution is -2.62. The van der Waals surface area contributed by atoms with Crippen LogP contribution in [-0.4, -0.2) is 63.0 Å². The zero-order chi connectivity index (χ0) is 27.0. The van der Waals surface area contributed by atoms with E-state index in [2.05, 4.69) is 29.0 Å². The Morgan fingerprint density at radius 2 is 1.84 bits per heavy atom. The van der Waals surface area contributed by atoms with E-state index in [4.69, 9.17) is 27.6 Å². The van der Waals surface area contributed by atoms with Gasteiger partial charge in [-0.3, -0.25) is 14.6 Å². The Kier molecular flexibility index (Phi) is 5.86. The molecule has 3 aliphatic rings. The molecule has 8 nitrogen and oxygen atoms in total. The maximum absolute atomic E-state index is 15.3. The van der Waals surface area contributed by atoms with Gasteiger partial charge in [0.2, 0.25) is 11.8 Å². The highest BCUT2D eigenvalue weighted by Crippen LogP contribution is 2.56. The minimum atomic E-state index is -3.61. The molecule has 2 amide bonds. The van der Waals surface area contributed by atoms with Gasteiger partial charge in [-0.15, -0.1) is 21.5 Å². The Hall–Kier alpha value is -2.63. The van der Waals surface area contributed by atoms with Crippen LogP contribution in [0.15, 0.2) is 34.3 Å². The minimum Gasteiger partial charge on any atom is -0.419 e. The monoisotopic (exact) mass is 581 g/mol. The largest absolute Gasteiger partial charge is 0.419 e. The van der Waals surface area contributed by atoms with Crippen LogP contribution in [0.2, 0.25) is 10.0 Å². The maximum Gasteiger partial charge on any atom is 0.349 e. The molecule has 2 saturated heterocycles. The smallest absolute Gasteiger partial charge is 0.349 e. The van der Waals surface area contributed by atoms with Crippen molar-refractivity contribution in [3.8, 4) is 0 Å². The first-order valence-corrected chi connectivity index (χ1v) is 13.7. The topological polar surface area (TPSA) is 92.4 Å². The third-order valence-electron chi connectivity index (χ3n) is 8.00. The average Bonchev–Trinajstić information content (AvgIpc) is 3.38. The second kappa shape index (κ2) is 8.69. The molecule has 1 aromatic carbocycles. The van der Waals surface area contributed by atoms with Crippen LogP contribution in [-0.2, 0) is 10.7 Å². The van der Waals surface area contributed by atoms with E-state index in [-0.39, 0.29) is 45.6 Å². The molecule has 2 atom stereocenters. The van der Waals surface area contributed by atoms with Crippen LogP contribution in [0, 0.1) is 16.7 Å². The number of carbonyl (C=O) groups excluding carboxylic acids is 2. The molecule has 13 heteroatoms. The molecule has 3 aromatic rings. The van der Waals surface area contributed by atoms with E-state index < -0.39 is 28.7 Å². The first-order chi connectivity index (χ1) is 17.9. The van der Waals surface area contributed by atoms with E-state index in [1.807, 2.05) is 0 Å². The van der Waals surface area contributed by atoms with Gasteiger partial charge in [0.25, 0.3) is 11.8 Å². The lowest BCUT2D eigenvalue weighted by atomic mass is 9.71. The standard InChI is InChI=1S/C25H23Cl2F2N5O3S/c1-23(2)6-14(23)20(35)34-10-24(11-34)9-33(21(36)18-7-30-12-38-18)8-15(24)19-31-32-22(37-19)25(28,29)13-3-4-16(26)17(27)5-13/h3-5,7,12,14-15H,6,8-11H2,1-2H3/t14-,15?/m1/s1. The van der Waals surface area contributed by atoms with Crippen molar-refractivity contribution in [1.82, 2.24) is 25.0 Å². The lowest BCUT2D eigenvalue weighted by molar-refractivity contribution is -0.146. The van der Waals surface area contributed by atoms with Crippen LogP contribution in [0.1, 0.15) is 53.2 Å². The third-order valence-corrected chi connectivity index (χ3v) is 9.50. The lowest BCUT2D eigenvalue weighted by Gasteiger charge is -2.50. The number of halogens is 4. The predicted octanol–water partition coefficient (Wildman–Crippen LogP) is 5.09. The van der Waals surface area contributed by atoms with Crippen molar-refractivity contribution in [3.05, 3.63) is 62.2 Å². The summed E-state index contributed by atoms with van der Waals surface area (Å²) in [5.41, 5.74) is 0.559. The van der Waals surface area contributed by atoms with Gasteiger partial charge >= 0.3 is 5.92 Å². The second-order valence-electron chi connectivity index (χ2n) is 11.1. The number of carbonyl (C=O) groups is 2. The summed E-state index contributed by atoms with van der Waals surface area (Å²) in [6, 6.07) is 3.49. The SMILES string of the molecule is CC1(C)C[C@@H]1C(=O)N1CC2(CN(C(=O)c3cncs3)CC2c2nnc(C(F)(F)c3ccc(Cl)c(Cl)c3)o2)C1. The molecule has 2 aliphatic heterocycles. The summed E-state index contributed by atoms with van der Waals surface area (Å²) in [4.78, 5) is 34.0. The van der Waals surface area contributed by atoms with Crippen molar-refractivity contribution >= 4 is 46.4 Å². The number of benzene rings is 1. The van der Waals surface area contributed by atoms with Gasteiger partial charge in [-0.1, -0.05) is 43.1 Å². The molecule has 0 N–H and O–H groups in total. The molecule has 1 aliphatic carbocycles. The molecule has 0 bridgehead atoms. The number of likely N-dealkylation sites (tertiary alicyclic amines) is 2. The quantitative estimate of drug-likeness (QED) is 0.417. The Morgan fingerprint density at radius 3 is 2.47 bits per heavy atom. The molecule has 1 unspecified atom stereocenters. The van der Waals surface area contributed by atoms with Crippen LogP contribution in [0.4, 0.5) is 8.78 Å². The maximum atomic E-state index is 15.3. The van der Waals surface area contributed by atoms with Gasteiger partial charge in [0.1, 0.15) is 4.88 Å². The van der Waals surface area contributed by atoms with E-state index in [0.717, 1.165) is 18.6 Å². The number of nitrogens with zero attached hydrogens (tertiary/aromatic N) is 5. The van der Waals surface area contributed by atoms with Gasteiger partial charge in [-0.05, 0) is 24.0 Å². The second-order valence-corrected chi connectivity index (χ2v) is 12.8. The van der Waals surface area contributed by atoms with Gasteiger partial charge in [0.15, 0.2) is 0 Å². The van der Waals surface area contributed by atoms with Crippen molar-refractivity contribution in [2.24, 2.45) is 16.7 Å². The predicted molar refractivity (Wildman–Crippen MR) is 135 cm³/mol. The Bertz CT molecular complexity index is 1420. The molecule has 4 heterocycles. The molecule has 38 heavy (non-hydrogen) atoms.